The highest BCUT2D eigenvalue weighted by atomic mass is 16.5. The molecule has 0 aromatic heterocycles. The molecule has 0 aliphatic heterocycles. The number of ether oxygens (including phenoxy) is 1. The molecule has 0 aromatic carbocycles. The van der Waals surface area contributed by atoms with Gasteiger partial charge in [0.2, 0.25) is 0 Å². The molecule has 0 spiro atoms. The van der Waals surface area contributed by atoms with Gasteiger partial charge in [0.15, 0.2) is 0 Å². The molecule has 0 aliphatic rings. The number of carbonyl (C=O) groups excluding carboxylic acids is 1. The van der Waals surface area contributed by atoms with Crippen LogP contribution in [0.15, 0.2) is 0 Å². The molecule has 1 atom stereocenters. The minimum atomic E-state index is 0.126. The fourth-order valence-electron chi connectivity index (χ4n) is 8.79. The van der Waals surface area contributed by atoms with E-state index in [9.17, 15) is 4.79 Å². The van der Waals surface area contributed by atoms with E-state index in [1.54, 1.807) is 0 Å². The summed E-state index contributed by atoms with van der Waals surface area (Å²) >= 11 is 0. The first kappa shape index (κ1) is 55.5. The summed E-state index contributed by atoms with van der Waals surface area (Å²) in [5.74, 6) is 1.13. The Bertz CT molecular complexity index is 715. The van der Waals surface area contributed by atoms with Crippen molar-refractivity contribution in [1.29, 1.82) is 0 Å². The lowest BCUT2D eigenvalue weighted by atomic mass is 9.94. The van der Waals surface area contributed by atoms with Crippen molar-refractivity contribution >= 4 is 5.97 Å². The van der Waals surface area contributed by atoms with E-state index in [2.05, 4.69) is 27.7 Å². The van der Waals surface area contributed by atoms with Gasteiger partial charge in [0.05, 0.1) is 12.5 Å². The van der Waals surface area contributed by atoms with Crippen molar-refractivity contribution in [2.24, 2.45) is 11.8 Å². The van der Waals surface area contributed by atoms with Crippen molar-refractivity contribution in [3.63, 3.8) is 0 Å². The van der Waals surface area contributed by atoms with Crippen LogP contribution in [0, 0.1) is 11.8 Å². The predicted octanol–water partition coefficient (Wildman–Crippen LogP) is 19.8. The van der Waals surface area contributed by atoms with Gasteiger partial charge in [-0.05, 0) is 25.2 Å². The van der Waals surface area contributed by atoms with E-state index in [1.807, 2.05) is 0 Å². The molecule has 336 valence electrons. The zero-order chi connectivity index (χ0) is 40.7. The summed E-state index contributed by atoms with van der Waals surface area (Å²) in [6, 6.07) is 0. The predicted molar refractivity (Wildman–Crippen MR) is 253 cm³/mol. The van der Waals surface area contributed by atoms with Gasteiger partial charge >= 0.3 is 5.97 Å². The standard InChI is InChI=1S/C54H108O2/c1-5-7-9-11-13-15-17-19-21-22-26-30-34-38-42-46-50-53(49-45-41-37-33-29-25-20-18-16-14-12-10-8-6-2)54(55)56-51-47-43-39-35-31-27-23-24-28-32-36-40-44-48-52(3)4/h52-53H,5-51H2,1-4H3. The average Bonchev–Trinajstić information content (AvgIpc) is 3.19. The maximum atomic E-state index is 13.2. The van der Waals surface area contributed by atoms with Gasteiger partial charge in [-0.3, -0.25) is 4.79 Å². The molecule has 2 heteroatoms. The molecular formula is C54H108O2. The second-order valence-electron chi connectivity index (χ2n) is 19.1. The summed E-state index contributed by atoms with van der Waals surface area (Å²) in [5.41, 5.74) is 0. The van der Waals surface area contributed by atoms with Gasteiger partial charge in [0, 0.05) is 0 Å². The summed E-state index contributed by atoms with van der Waals surface area (Å²) < 4.78 is 5.93. The van der Waals surface area contributed by atoms with Crippen LogP contribution >= 0.6 is 0 Å². The number of hydrogen-bond acceptors (Lipinski definition) is 2. The molecule has 0 fully saturated rings. The molecule has 0 aromatic rings. The normalized spacial score (nSPS) is 12.2. The van der Waals surface area contributed by atoms with Crippen molar-refractivity contribution in [2.75, 3.05) is 6.61 Å². The highest BCUT2D eigenvalue weighted by Gasteiger charge is 2.19. The lowest BCUT2D eigenvalue weighted by Crippen LogP contribution is -2.18. The van der Waals surface area contributed by atoms with Crippen molar-refractivity contribution in [2.45, 2.75) is 323 Å². The Labute approximate surface area is 355 Å². The van der Waals surface area contributed by atoms with Crippen LogP contribution in [0.5, 0.6) is 0 Å². The third-order valence-electron chi connectivity index (χ3n) is 12.8. The zero-order valence-electron chi connectivity index (χ0n) is 39.7. The topological polar surface area (TPSA) is 26.3 Å². The number of rotatable bonds is 49. The van der Waals surface area contributed by atoms with E-state index in [-0.39, 0.29) is 11.9 Å². The smallest absolute Gasteiger partial charge is 0.308 e. The molecular weight excluding hydrogens is 681 g/mol. The Morgan fingerprint density at radius 3 is 0.768 bits per heavy atom. The molecule has 0 heterocycles. The molecule has 56 heavy (non-hydrogen) atoms. The van der Waals surface area contributed by atoms with Gasteiger partial charge in [-0.25, -0.2) is 0 Å². The lowest BCUT2D eigenvalue weighted by molar-refractivity contribution is -0.149. The quantitative estimate of drug-likeness (QED) is 0.0453. The van der Waals surface area contributed by atoms with Gasteiger partial charge in [-0.15, -0.1) is 0 Å². The number of unbranched alkanes of at least 4 members (excludes halogenated alkanes) is 40. The first-order valence-electron chi connectivity index (χ1n) is 26.8. The third kappa shape index (κ3) is 46.2. The molecule has 0 radical (unpaired) electrons. The first-order valence-corrected chi connectivity index (χ1v) is 26.8. The molecule has 0 saturated carbocycles. The Balaban J connectivity index is 4.07. The van der Waals surface area contributed by atoms with Crippen molar-refractivity contribution < 1.29 is 9.53 Å². The van der Waals surface area contributed by atoms with Gasteiger partial charge in [0.25, 0.3) is 0 Å². The Hall–Kier alpha value is -0.530. The van der Waals surface area contributed by atoms with Crippen LogP contribution in [-0.4, -0.2) is 12.6 Å². The minimum absolute atomic E-state index is 0.126. The second kappa shape index (κ2) is 48.8. The number of esters is 1. The molecule has 0 aliphatic carbocycles. The summed E-state index contributed by atoms with van der Waals surface area (Å²) in [6.45, 7) is 9.94. The van der Waals surface area contributed by atoms with Crippen LogP contribution in [0.1, 0.15) is 323 Å². The van der Waals surface area contributed by atoms with Crippen LogP contribution in [-0.2, 0) is 9.53 Å². The van der Waals surface area contributed by atoms with E-state index in [0.29, 0.717) is 6.61 Å². The first-order chi connectivity index (χ1) is 27.6. The van der Waals surface area contributed by atoms with E-state index in [1.165, 1.54) is 276 Å². The van der Waals surface area contributed by atoms with Crippen LogP contribution in [0.2, 0.25) is 0 Å². The molecule has 0 bridgehead atoms. The van der Waals surface area contributed by atoms with Gasteiger partial charge < -0.3 is 4.74 Å². The zero-order valence-corrected chi connectivity index (χ0v) is 39.7. The Morgan fingerprint density at radius 2 is 0.518 bits per heavy atom. The van der Waals surface area contributed by atoms with Crippen LogP contribution in [0.25, 0.3) is 0 Å². The molecule has 0 rings (SSSR count). The van der Waals surface area contributed by atoms with Crippen molar-refractivity contribution in [3.8, 4) is 0 Å². The van der Waals surface area contributed by atoms with Gasteiger partial charge in [-0.2, -0.15) is 0 Å². The van der Waals surface area contributed by atoms with Gasteiger partial charge in [0.1, 0.15) is 0 Å². The molecule has 0 saturated heterocycles. The van der Waals surface area contributed by atoms with Crippen molar-refractivity contribution in [1.82, 2.24) is 0 Å². The summed E-state index contributed by atoms with van der Waals surface area (Å²) in [4.78, 5) is 13.2. The Kier molecular flexibility index (Phi) is 48.4. The monoisotopic (exact) mass is 789 g/mol. The van der Waals surface area contributed by atoms with Crippen LogP contribution in [0.3, 0.4) is 0 Å². The number of hydrogen-bond donors (Lipinski definition) is 0. The number of carbonyl (C=O) groups is 1. The van der Waals surface area contributed by atoms with E-state index >= 15 is 0 Å². The average molecular weight is 789 g/mol. The van der Waals surface area contributed by atoms with Crippen LogP contribution in [0.4, 0.5) is 0 Å². The van der Waals surface area contributed by atoms with Crippen molar-refractivity contribution in [3.05, 3.63) is 0 Å². The maximum absolute atomic E-state index is 13.2. The summed E-state index contributed by atoms with van der Waals surface area (Å²) in [5, 5.41) is 0. The highest BCUT2D eigenvalue weighted by molar-refractivity contribution is 5.72. The largest absolute Gasteiger partial charge is 0.465 e. The fraction of sp³-hybridized carbons (Fsp3) is 0.981. The summed E-state index contributed by atoms with van der Waals surface area (Å²) in [6.07, 6.45) is 63.1. The lowest BCUT2D eigenvalue weighted by Gasteiger charge is -2.16. The van der Waals surface area contributed by atoms with Gasteiger partial charge in [-0.1, -0.05) is 304 Å². The Morgan fingerprint density at radius 1 is 0.304 bits per heavy atom. The molecule has 0 N–H and O–H groups in total. The molecule has 2 nitrogen and oxygen atoms in total. The third-order valence-corrected chi connectivity index (χ3v) is 12.8. The van der Waals surface area contributed by atoms with E-state index in [0.717, 1.165) is 25.2 Å². The highest BCUT2D eigenvalue weighted by Crippen LogP contribution is 2.22. The maximum Gasteiger partial charge on any atom is 0.308 e. The minimum Gasteiger partial charge on any atom is -0.465 e. The molecule has 0 amide bonds. The fourth-order valence-corrected chi connectivity index (χ4v) is 8.79. The molecule has 1 unspecified atom stereocenters. The SMILES string of the molecule is CCCCCCCCCCCCCCCCCCC(CCCCCCCCCCCCCCCC)C(=O)OCCCCCCCCCCCCCCCC(C)C. The summed E-state index contributed by atoms with van der Waals surface area (Å²) in [7, 11) is 0. The second-order valence-corrected chi connectivity index (χ2v) is 19.1. The van der Waals surface area contributed by atoms with E-state index in [4.69, 9.17) is 4.74 Å². The van der Waals surface area contributed by atoms with Crippen LogP contribution < -0.4 is 0 Å². The van der Waals surface area contributed by atoms with E-state index < -0.39 is 0 Å².